The van der Waals surface area contributed by atoms with E-state index in [9.17, 15) is 8.42 Å². The van der Waals surface area contributed by atoms with Gasteiger partial charge in [0.25, 0.3) is 0 Å². The molecular weight excluding hydrogens is 206 g/mol. The summed E-state index contributed by atoms with van der Waals surface area (Å²) in [6.45, 7) is 4.26. The van der Waals surface area contributed by atoms with Crippen molar-refractivity contribution in [3.05, 3.63) is 0 Å². The molecule has 0 saturated heterocycles. The van der Waals surface area contributed by atoms with Gasteiger partial charge in [-0.1, -0.05) is 6.92 Å². The number of nitrogens with zero attached hydrogens (tertiary/aromatic N) is 1. The molecule has 0 spiro atoms. The third-order valence-electron chi connectivity index (χ3n) is 1.53. The number of sulfone groups is 1. The summed E-state index contributed by atoms with van der Waals surface area (Å²) in [5, 5.41) is 8.55. The van der Waals surface area contributed by atoms with Crippen LogP contribution < -0.4 is 0 Å². The Morgan fingerprint density at radius 1 is 1.36 bits per heavy atom. The van der Waals surface area contributed by atoms with Crippen LogP contribution >= 0.6 is 0 Å². The fraction of sp³-hybridized carbons (Fsp3) is 0.875. The van der Waals surface area contributed by atoms with E-state index >= 15 is 0 Å². The van der Waals surface area contributed by atoms with Gasteiger partial charge >= 0.3 is 0 Å². The molecule has 1 unspecified atom stereocenters. The summed E-state index contributed by atoms with van der Waals surface area (Å²) in [7, 11) is -3.44. The van der Waals surface area contributed by atoms with Gasteiger partial charge in [0.2, 0.25) is 5.44 Å². The second-order valence-electron chi connectivity index (χ2n) is 2.48. The number of hydrogen-bond donors (Lipinski definition) is 0. The van der Waals surface area contributed by atoms with Gasteiger partial charge in [-0.3, -0.25) is 0 Å². The minimum Gasteiger partial charge on any atom is -0.379 e. The molecule has 0 N–H and O–H groups in total. The van der Waals surface area contributed by atoms with Crippen LogP contribution in [-0.2, 0) is 19.3 Å². The lowest BCUT2D eigenvalue weighted by atomic mass is 10.7. The molecule has 0 aliphatic rings. The van der Waals surface area contributed by atoms with E-state index in [0.29, 0.717) is 13.2 Å². The van der Waals surface area contributed by atoms with Gasteiger partial charge < -0.3 is 9.47 Å². The van der Waals surface area contributed by atoms with Crippen LogP contribution in [0.2, 0.25) is 0 Å². The molecule has 82 valence electrons. The Morgan fingerprint density at radius 3 is 2.43 bits per heavy atom. The van der Waals surface area contributed by atoms with Crippen molar-refractivity contribution in [3.8, 4) is 6.07 Å². The molecule has 0 radical (unpaired) electrons. The molecule has 0 aromatic rings. The van der Waals surface area contributed by atoms with Crippen LogP contribution in [0.25, 0.3) is 0 Å². The maximum Gasteiger partial charge on any atom is 0.245 e. The summed E-state index contributed by atoms with van der Waals surface area (Å²) in [5.74, 6) is -0.0974. The van der Waals surface area contributed by atoms with Crippen LogP contribution in [0.5, 0.6) is 0 Å². The van der Waals surface area contributed by atoms with Crippen molar-refractivity contribution in [2.45, 2.75) is 19.3 Å². The number of nitriles is 1. The molecule has 0 aliphatic heterocycles. The predicted octanol–water partition coefficient (Wildman–Crippen LogP) is 0.324. The summed E-state index contributed by atoms with van der Waals surface area (Å²) >= 11 is 0. The Kier molecular flexibility index (Phi) is 6.45. The zero-order valence-electron chi connectivity index (χ0n) is 8.39. The first kappa shape index (κ1) is 13.4. The van der Waals surface area contributed by atoms with Gasteiger partial charge in [-0.05, 0) is 6.92 Å². The fourth-order valence-corrected chi connectivity index (χ4v) is 1.50. The predicted molar refractivity (Wildman–Crippen MR) is 51.3 cm³/mol. The smallest absolute Gasteiger partial charge is 0.245 e. The van der Waals surface area contributed by atoms with Crippen molar-refractivity contribution in [2.75, 3.05) is 25.6 Å². The molecule has 0 rings (SSSR count). The normalized spacial score (nSPS) is 13.5. The van der Waals surface area contributed by atoms with Gasteiger partial charge in [0.05, 0.1) is 19.0 Å². The van der Waals surface area contributed by atoms with Crippen molar-refractivity contribution >= 4 is 9.84 Å². The molecule has 14 heavy (non-hydrogen) atoms. The number of ether oxygens (including phenoxy) is 2. The van der Waals surface area contributed by atoms with E-state index in [-0.39, 0.29) is 12.4 Å². The summed E-state index contributed by atoms with van der Waals surface area (Å²) in [5.41, 5.74) is -1.37. The maximum absolute atomic E-state index is 11.2. The molecule has 6 heteroatoms. The van der Waals surface area contributed by atoms with Gasteiger partial charge in [-0.25, -0.2) is 8.42 Å². The lowest BCUT2D eigenvalue weighted by Gasteiger charge is -2.09. The summed E-state index contributed by atoms with van der Waals surface area (Å²) < 4.78 is 32.2. The summed E-state index contributed by atoms with van der Waals surface area (Å²) in [6, 6.07) is 1.60. The lowest BCUT2D eigenvalue weighted by Crippen LogP contribution is -2.26. The van der Waals surface area contributed by atoms with Crippen molar-refractivity contribution in [1.82, 2.24) is 0 Å². The Morgan fingerprint density at radius 2 is 2.00 bits per heavy atom. The quantitative estimate of drug-likeness (QED) is 0.579. The second kappa shape index (κ2) is 6.76. The number of rotatable bonds is 7. The van der Waals surface area contributed by atoms with Gasteiger partial charge in [-0.15, -0.1) is 0 Å². The summed E-state index contributed by atoms with van der Waals surface area (Å²) in [6.07, 6.45) is 0. The Hall–Kier alpha value is -0.640. The Bertz CT molecular complexity index is 280. The monoisotopic (exact) mass is 221 g/mol. The Balaban J connectivity index is 4.01. The van der Waals surface area contributed by atoms with E-state index in [4.69, 9.17) is 14.7 Å². The Labute approximate surface area is 84.5 Å². The van der Waals surface area contributed by atoms with Crippen LogP contribution in [-0.4, -0.2) is 39.4 Å². The van der Waals surface area contributed by atoms with E-state index in [1.807, 2.05) is 6.92 Å². The van der Waals surface area contributed by atoms with E-state index in [0.717, 1.165) is 0 Å². The first-order chi connectivity index (χ1) is 6.58. The lowest BCUT2D eigenvalue weighted by molar-refractivity contribution is 0.0539. The van der Waals surface area contributed by atoms with Gasteiger partial charge in [0.15, 0.2) is 9.84 Å². The van der Waals surface area contributed by atoms with Crippen molar-refractivity contribution in [2.24, 2.45) is 0 Å². The zero-order valence-corrected chi connectivity index (χ0v) is 9.21. The average Bonchev–Trinajstić information content (AvgIpc) is 2.17. The zero-order chi connectivity index (χ0) is 11.0. The molecule has 0 amide bonds. The van der Waals surface area contributed by atoms with Crippen molar-refractivity contribution in [1.29, 1.82) is 5.26 Å². The van der Waals surface area contributed by atoms with Crippen LogP contribution in [0.1, 0.15) is 13.8 Å². The largest absolute Gasteiger partial charge is 0.379 e. The third-order valence-corrected chi connectivity index (χ3v) is 3.23. The molecule has 0 aliphatic carbocycles. The van der Waals surface area contributed by atoms with Crippen LogP contribution in [0.15, 0.2) is 0 Å². The standard InChI is InChI=1S/C8H15NO4S/c1-3-12-5-6-13-8(7-9)14(10,11)4-2/h8H,3-6H2,1-2H3. The van der Waals surface area contributed by atoms with E-state index in [1.165, 1.54) is 6.92 Å². The van der Waals surface area contributed by atoms with Crippen molar-refractivity contribution in [3.63, 3.8) is 0 Å². The maximum atomic E-state index is 11.2. The molecule has 0 aromatic carbocycles. The minimum absolute atomic E-state index is 0.0974. The fourth-order valence-electron chi connectivity index (χ4n) is 0.731. The molecule has 1 atom stereocenters. The molecule has 0 heterocycles. The van der Waals surface area contributed by atoms with Gasteiger partial charge in [-0.2, -0.15) is 5.26 Å². The third kappa shape index (κ3) is 4.56. The van der Waals surface area contributed by atoms with E-state index < -0.39 is 15.3 Å². The van der Waals surface area contributed by atoms with Crippen LogP contribution in [0, 0.1) is 11.3 Å². The highest BCUT2D eigenvalue weighted by atomic mass is 32.2. The molecular formula is C8H15NO4S. The van der Waals surface area contributed by atoms with Gasteiger partial charge in [0, 0.05) is 6.61 Å². The molecule has 0 aromatic heterocycles. The van der Waals surface area contributed by atoms with E-state index in [1.54, 1.807) is 6.07 Å². The molecule has 0 saturated carbocycles. The topological polar surface area (TPSA) is 76.4 Å². The molecule has 0 bridgehead atoms. The SMILES string of the molecule is CCOCCOC(C#N)S(=O)(=O)CC. The molecule has 5 nitrogen and oxygen atoms in total. The first-order valence-corrected chi connectivity index (χ1v) is 6.10. The highest BCUT2D eigenvalue weighted by Gasteiger charge is 2.23. The van der Waals surface area contributed by atoms with Crippen LogP contribution in [0.3, 0.4) is 0 Å². The highest BCUT2D eigenvalue weighted by Crippen LogP contribution is 2.03. The summed E-state index contributed by atoms with van der Waals surface area (Å²) in [4.78, 5) is 0. The average molecular weight is 221 g/mol. The van der Waals surface area contributed by atoms with Crippen molar-refractivity contribution < 1.29 is 17.9 Å². The van der Waals surface area contributed by atoms with Gasteiger partial charge in [0.1, 0.15) is 6.07 Å². The number of hydrogen-bond acceptors (Lipinski definition) is 5. The second-order valence-corrected chi connectivity index (χ2v) is 4.81. The van der Waals surface area contributed by atoms with E-state index in [2.05, 4.69) is 0 Å². The highest BCUT2D eigenvalue weighted by molar-refractivity contribution is 7.92. The van der Waals surface area contributed by atoms with Crippen LogP contribution in [0.4, 0.5) is 0 Å². The minimum atomic E-state index is -3.44. The first-order valence-electron chi connectivity index (χ1n) is 4.39. The molecule has 0 fully saturated rings.